The van der Waals surface area contributed by atoms with Crippen LogP contribution in [0.3, 0.4) is 0 Å². The van der Waals surface area contributed by atoms with E-state index in [9.17, 15) is 4.79 Å². The molecule has 1 aromatic carbocycles. The van der Waals surface area contributed by atoms with Crippen molar-refractivity contribution in [1.29, 1.82) is 0 Å². The van der Waals surface area contributed by atoms with Crippen molar-refractivity contribution in [2.24, 2.45) is 0 Å². The molecular weight excluding hydrogens is 260 g/mol. The molecule has 80 valence electrons. The number of hydroxylamine groups is 1. The van der Waals surface area contributed by atoms with Gasteiger partial charge in [-0.2, -0.15) is 5.48 Å². The van der Waals surface area contributed by atoms with Gasteiger partial charge in [-0.25, -0.2) is 0 Å². The molecule has 1 saturated heterocycles. The molecule has 2 unspecified atom stereocenters. The monoisotopic (exact) mass is 270 g/mol. The van der Waals surface area contributed by atoms with Gasteiger partial charge < -0.3 is 5.32 Å². The van der Waals surface area contributed by atoms with Crippen LogP contribution in [0.25, 0.3) is 0 Å². The van der Waals surface area contributed by atoms with Gasteiger partial charge in [-0.3, -0.25) is 9.63 Å². The Labute approximate surface area is 96.1 Å². The number of hydrogen-bond donors (Lipinski definition) is 2. The summed E-state index contributed by atoms with van der Waals surface area (Å²) in [5.74, 6) is -0.0676. The smallest absolute Gasteiger partial charge is 0.239 e. The lowest BCUT2D eigenvalue weighted by Crippen LogP contribution is -2.57. The number of alkyl halides is 1. The van der Waals surface area contributed by atoms with Crippen LogP contribution in [0.5, 0.6) is 0 Å². The van der Waals surface area contributed by atoms with Crippen LogP contribution in [0.2, 0.25) is 0 Å². The number of carbonyl (C=O) groups excluding carboxylic acids is 1. The predicted molar refractivity (Wildman–Crippen MR) is 59.1 cm³/mol. The molecule has 0 spiro atoms. The maximum absolute atomic E-state index is 11.7. The third-order valence-electron chi connectivity index (χ3n) is 2.11. The number of nitrogens with one attached hydrogen (secondary N) is 2. The fourth-order valence-corrected chi connectivity index (χ4v) is 1.69. The second kappa shape index (κ2) is 4.74. The quantitative estimate of drug-likeness (QED) is 0.809. The van der Waals surface area contributed by atoms with Gasteiger partial charge in [0.2, 0.25) is 5.91 Å². The number of carbonyl (C=O) groups is 1. The lowest BCUT2D eigenvalue weighted by molar-refractivity contribution is -0.137. The van der Waals surface area contributed by atoms with Gasteiger partial charge in [-0.1, -0.05) is 46.3 Å². The zero-order valence-electron chi connectivity index (χ0n) is 7.94. The van der Waals surface area contributed by atoms with E-state index in [4.69, 9.17) is 4.84 Å². The van der Waals surface area contributed by atoms with E-state index in [2.05, 4.69) is 26.7 Å². The van der Waals surface area contributed by atoms with Crippen LogP contribution in [0.4, 0.5) is 0 Å². The Morgan fingerprint density at radius 1 is 1.53 bits per heavy atom. The molecule has 0 aromatic heterocycles. The van der Waals surface area contributed by atoms with E-state index < -0.39 is 0 Å². The third-order valence-corrected chi connectivity index (χ3v) is 3.06. The van der Waals surface area contributed by atoms with Crippen molar-refractivity contribution in [2.45, 2.75) is 11.0 Å². The summed E-state index contributed by atoms with van der Waals surface area (Å²) in [6.45, 7) is 0.514. The zero-order valence-corrected chi connectivity index (χ0v) is 9.53. The lowest BCUT2D eigenvalue weighted by atomic mass is 10.1. The van der Waals surface area contributed by atoms with E-state index in [0.717, 1.165) is 5.56 Å². The number of benzene rings is 1. The van der Waals surface area contributed by atoms with Crippen molar-refractivity contribution >= 4 is 21.8 Å². The van der Waals surface area contributed by atoms with Crippen molar-refractivity contribution < 1.29 is 9.63 Å². The molecule has 1 fully saturated rings. The zero-order chi connectivity index (χ0) is 10.7. The molecule has 4 nitrogen and oxygen atoms in total. The average molecular weight is 271 g/mol. The van der Waals surface area contributed by atoms with Gasteiger partial charge in [0.1, 0.15) is 17.6 Å². The first kappa shape index (κ1) is 10.6. The molecule has 0 aliphatic carbocycles. The van der Waals surface area contributed by atoms with Gasteiger partial charge in [0.15, 0.2) is 0 Å². The fraction of sp³-hybridized carbons (Fsp3) is 0.300. The summed E-state index contributed by atoms with van der Waals surface area (Å²) in [5.41, 5.74) is 3.57. The molecule has 1 heterocycles. The number of amides is 1. The van der Waals surface area contributed by atoms with Gasteiger partial charge in [0.25, 0.3) is 0 Å². The molecule has 1 aliphatic rings. The highest BCUT2D eigenvalue weighted by Gasteiger charge is 2.24. The number of rotatable bonds is 3. The summed E-state index contributed by atoms with van der Waals surface area (Å²) in [6.07, 6.45) is -0.0683. The molecule has 0 radical (unpaired) electrons. The van der Waals surface area contributed by atoms with Crippen molar-refractivity contribution in [3.63, 3.8) is 0 Å². The molecule has 1 amide bonds. The first-order chi connectivity index (χ1) is 7.27. The maximum Gasteiger partial charge on any atom is 0.239 e. The third kappa shape index (κ3) is 2.56. The second-order valence-electron chi connectivity index (χ2n) is 3.26. The summed E-state index contributed by atoms with van der Waals surface area (Å²) < 4.78 is 0. The number of halogens is 1. The molecule has 5 heteroatoms. The summed E-state index contributed by atoms with van der Waals surface area (Å²) in [7, 11) is 0. The first-order valence-electron chi connectivity index (χ1n) is 4.64. The lowest BCUT2D eigenvalue weighted by Gasteiger charge is -2.28. The molecule has 1 aromatic rings. The molecular formula is C10H11BrN2O2. The van der Waals surface area contributed by atoms with Crippen LogP contribution in [-0.2, 0) is 9.63 Å². The van der Waals surface area contributed by atoms with Gasteiger partial charge in [0.05, 0.1) is 0 Å². The van der Waals surface area contributed by atoms with Gasteiger partial charge in [0, 0.05) is 0 Å². The van der Waals surface area contributed by atoms with Crippen molar-refractivity contribution in [3.05, 3.63) is 35.9 Å². The van der Waals surface area contributed by atoms with Crippen molar-refractivity contribution in [3.8, 4) is 0 Å². The summed E-state index contributed by atoms with van der Waals surface area (Å²) in [6, 6.07) is 9.54. The largest absolute Gasteiger partial charge is 0.335 e. The second-order valence-corrected chi connectivity index (χ2v) is 4.18. The maximum atomic E-state index is 11.7. The van der Waals surface area contributed by atoms with E-state index in [1.165, 1.54) is 0 Å². The highest BCUT2D eigenvalue weighted by Crippen LogP contribution is 2.22. The Morgan fingerprint density at radius 3 is 2.73 bits per heavy atom. The molecule has 15 heavy (non-hydrogen) atoms. The van der Waals surface area contributed by atoms with Crippen molar-refractivity contribution in [1.82, 2.24) is 10.8 Å². The normalized spacial score (nSPS) is 21.5. The fourth-order valence-electron chi connectivity index (χ4n) is 1.26. The Balaban J connectivity index is 1.94. The van der Waals surface area contributed by atoms with Crippen LogP contribution in [0, 0.1) is 0 Å². The van der Waals surface area contributed by atoms with Gasteiger partial charge in [-0.15, -0.1) is 0 Å². The van der Waals surface area contributed by atoms with Crippen LogP contribution in [0.15, 0.2) is 30.3 Å². The Kier molecular flexibility index (Phi) is 3.35. The Bertz CT molecular complexity index is 341. The average Bonchev–Trinajstić information content (AvgIpc) is 2.23. The van der Waals surface area contributed by atoms with Crippen molar-refractivity contribution in [2.75, 3.05) is 6.61 Å². The molecule has 0 saturated carbocycles. The van der Waals surface area contributed by atoms with Crippen LogP contribution >= 0.6 is 15.9 Å². The van der Waals surface area contributed by atoms with Crippen LogP contribution in [-0.4, -0.2) is 18.7 Å². The summed E-state index contributed by atoms with van der Waals surface area (Å²) in [5, 5.41) is 2.79. The van der Waals surface area contributed by atoms with Gasteiger partial charge in [-0.05, 0) is 5.56 Å². The molecule has 2 N–H and O–H groups in total. The topological polar surface area (TPSA) is 50.4 Å². The van der Waals surface area contributed by atoms with E-state index in [1.54, 1.807) is 0 Å². The van der Waals surface area contributed by atoms with Gasteiger partial charge >= 0.3 is 0 Å². The molecule has 1 aliphatic heterocycles. The molecule has 0 bridgehead atoms. The van der Waals surface area contributed by atoms with Crippen LogP contribution < -0.4 is 10.8 Å². The summed E-state index contributed by atoms with van der Waals surface area (Å²) in [4.78, 5) is 16.1. The first-order valence-corrected chi connectivity index (χ1v) is 5.55. The SMILES string of the molecule is O=C(NC1CON1)C(Br)c1ccccc1. The minimum absolute atomic E-state index is 0.0676. The standard InChI is InChI=1S/C10H11BrN2O2/c11-9(7-4-2-1-3-5-7)10(14)12-8-6-15-13-8/h1-5,8-9,13H,6H2,(H,12,14). The van der Waals surface area contributed by atoms with E-state index in [1.807, 2.05) is 30.3 Å². The summed E-state index contributed by atoms with van der Waals surface area (Å²) >= 11 is 3.35. The van der Waals surface area contributed by atoms with E-state index in [0.29, 0.717) is 6.61 Å². The number of hydrogen-bond acceptors (Lipinski definition) is 3. The van der Waals surface area contributed by atoms with E-state index >= 15 is 0 Å². The van der Waals surface area contributed by atoms with E-state index in [-0.39, 0.29) is 16.9 Å². The van der Waals surface area contributed by atoms with Crippen LogP contribution in [0.1, 0.15) is 10.4 Å². The Morgan fingerprint density at radius 2 is 2.20 bits per heavy atom. The minimum atomic E-state index is -0.318. The minimum Gasteiger partial charge on any atom is -0.335 e. The molecule has 2 rings (SSSR count). The molecule has 2 atom stereocenters. The highest BCUT2D eigenvalue weighted by molar-refractivity contribution is 9.09. The highest BCUT2D eigenvalue weighted by atomic mass is 79.9. The Hall–Kier alpha value is -0.910. The predicted octanol–water partition coefficient (Wildman–Crippen LogP) is 1.10.